The molecule has 0 saturated heterocycles. The van der Waals surface area contributed by atoms with Crippen molar-refractivity contribution in [1.82, 2.24) is 9.55 Å². The van der Waals surface area contributed by atoms with Crippen LogP contribution in [0.15, 0.2) is 176 Å². The fraction of sp³-hybridized carbons (Fsp3) is 0.310. The van der Waals surface area contributed by atoms with Crippen LogP contribution in [0.2, 0.25) is 0 Å². The lowest BCUT2D eigenvalue weighted by atomic mass is 9.76. The maximum Gasteiger partial charge on any atom is 0.137 e. The van der Waals surface area contributed by atoms with E-state index in [9.17, 15) is 0 Å². The first-order valence-corrected chi connectivity index (χ1v) is 27.5. The van der Waals surface area contributed by atoms with Crippen molar-refractivity contribution in [3.63, 3.8) is 0 Å². The molecule has 0 N–H and O–H groups in total. The Kier molecular flexibility index (Phi) is 13.5. The SMILES string of the molecule is CC(C)c1cccc(C(C)C)c1C1=CN(c2cc(-c3ccccc3)cc(C(C)(C)C)c2)CN1c1cc(Oc2cc(C(C)(C)c3ccccc3)c3c4ccccc4n(-c4cc(C(C)(C)C)ccn4)c3c2)cc(C(C)(C)C)c1. The molecular weight excluding hydrogens is 925 g/mol. The number of benzene rings is 7. The molecule has 9 aromatic rings. The predicted octanol–water partition coefficient (Wildman–Crippen LogP) is 19.4. The predicted molar refractivity (Wildman–Crippen MR) is 324 cm³/mol. The van der Waals surface area contributed by atoms with Crippen molar-refractivity contribution >= 4 is 38.9 Å². The summed E-state index contributed by atoms with van der Waals surface area (Å²) in [4.78, 5) is 10.1. The van der Waals surface area contributed by atoms with E-state index >= 15 is 0 Å². The van der Waals surface area contributed by atoms with E-state index in [-0.39, 0.29) is 16.2 Å². The summed E-state index contributed by atoms with van der Waals surface area (Å²) < 4.78 is 9.81. The quantitative estimate of drug-likeness (QED) is 0.129. The van der Waals surface area contributed by atoms with Crippen LogP contribution in [-0.2, 0) is 21.7 Å². The van der Waals surface area contributed by atoms with Gasteiger partial charge in [-0.15, -0.1) is 0 Å². The van der Waals surface area contributed by atoms with Gasteiger partial charge in [-0.05, 0) is 127 Å². The number of hydrogen-bond donors (Lipinski definition) is 0. The van der Waals surface area contributed by atoms with Crippen LogP contribution in [0.4, 0.5) is 11.4 Å². The molecule has 0 fully saturated rings. The molecule has 3 heterocycles. The Morgan fingerprint density at radius 1 is 0.487 bits per heavy atom. The summed E-state index contributed by atoms with van der Waals surface area (Å²) in [5.41, 5.74) is 17.5. The maximum absolute atomic E-state index is 7.46. The summed E-state index contributed by atoms with van der Waals surface area (Å²) in [6.07, 6.45) is 4.38. The Bertz CT molecular complexity index is 3600. The fourth-order valence-corrected chi connectivity index (χ4v) is 11.2. The van der Waals surface area contributed by atoms with Crippen LogP contribution in [0.25, 0.3) is 44.4 Å². The molecule has 1 aliphatic heterocycles. The zero-order chi connectivity index (χ0) is 54.1. The van der Waals surface area contributed by atoms with Crippen molar-refractivity contribution in [2.24, 2.45) is 0 Å². The lowest BCUT2D eigenvalue weighted by molar-refractivity contribution is 0.477. The molecule has 0 amide bonds. The highest BCUT2D eigenvalue weighted by molar-refractivity contribution is 6.12. The Morgan fingerprint density at radius 2 is 1.08 bits per heavy atom. The van der Waals surface area contributed by atoms with Gasteiger partial charge in [-0.1, -0.05) is 207 Å². The van der Waals surface area contributed by atoms with Crippen LogP contribution in [0.5, 0.6) is 11.5 Å². The van der Waals surface area contributed by atoms with Crippen molar-refractivity contribution < 1.29 is 4.74 Å². The van der Waals surface area contributed by atoms with Crippen LogP contribution < -0.4 is 14.5 Å². The van der Waals surface area contributed by atoms with Gasteiger partial charge < -0.3 is 14.5 Å². The molecule has 76 heavy (non-hydrogen) atoms. The molecule has 10 rings (SSSR count). The highest BCUT2D eigenvalue weighted by Gasteiger charge is 2.33. The van der Waals surface area contributed by atoms with Crippen molar-refractivity contribution in [1.29, 1.82) is 0 Å². The summed E-state index contributed by atoms with van der Waals surface area (Å²) in [6, 6.07) is 60.5. The van der Waals surface area contributed by atoms with Gasteiger partial charge in [-0.3, -0.25) is 4.57 Å². The van der Waals surface area contributed by atoms with Gasteiger partial charge in [0.15, 0.2) is 0 Å². The first-order chi connectivity index (χ1) is 36.0. The average molecular weight is 1000 g/mol. The third kappa shape index (κ3) is 9.97. The summed E-state index contributed by atoms with van der Waals surface area (Å²) in [7, 11) is 0. The Balaban J connectivity index is 1.19. The van der Waals surface area contributed by atoms with Gasteiger partial charge in [0.1, 0.15) is 17.3 Å². The monoisotopic (exact) mass is 1000 g/mol. The molecule has 0 saturated carbocycles. The van der Waals surface area contributed by atoms with E-state index in [0.717, 1.165) is 34.0 Å². The fourth-order valence-electron chi connectivity index (χ4n) is 11.2. The number of nitrogens with zero attached hydrogens (tertiary/aromatic N) is 4. The van der Waals surface area contributed by atoms with Gasteiger partial charge >= 0.3 is 0 Å². The third-order valence-electron chi connectivity index (χ3n) is 15.8. The second-order valence-electron chi connectivity index (χ2n) is 25.5. The molecule has 5 heteroatoms. The zero-order valence-corrected chi connectivity index (χ0v) is 47.8. The van der Waals surface area contributed by atoms with Crippen molar-refractivity contribution in [3.8, 4) is 28.4 Å². The molecule has 0 aliphatic carbocycles. The topological polar surface area (TPSA) is 33.5 Å². The highest BCUT2D eigenvalue weighted by atomic mass is 16.5. The average Bonchev–Trinajstić information content (AvgIpc) is 3.98. The van der Waals surface area contributed by atoms with Gasteiger partial charge in [0.05, 0.1) is 23.4 Å². The van der Waals surface area contributed by atoms with E-state index in [1.54, 1.807) is 0 Å². The molecule has 0 atom stereocenters. The number of aromatic nitrogens is 2. The van der Waals surface area contributed by atoms with Crippen molar-refractivity contribution in [2.45, 2.75) is 137 Å². The van der Waals surface area contributed by atoms with Crippen LogP contribution >= 0.6 is 0 Å². The number of ether oxygens (including phenoxy) is 1. The zero-order valence-electron chi connectivity index (χ0n) is 47.8. The molecule has 1 aliphatic rings. The van der Waals surface area contributed by atoms with E-state index in [2.05, 4.69) is 288 Å². The van der Waals surface area contributed by atoms with E-state index in [4.69, 9.17) is 9.72 Å². The Hall–Kier alpha value is -7.37. The van der Waals surface area contributed by atoms with E-state index in [1.807, 2.05) is 6.20 Å². The molecule has 388 valence electrons. The largest absolute Gasteiger partial charge is 0.457 e. The van der Waals surface area contributed by atoms with E-state index in [1.165, 1.54) is 77.8 Å². The van der Waals surface area contributed by atoms with Crippen LogP contribution in [0.1, 0.15) is 160 Å². The number of anilines is 2. The first-order valence-electron chi connectivity index (χ1n) is 27.5. The van der Waals surface area contributed by atoms with Gasteiger partial charge in [-0.25, -0.2) is 4.98 Å². The number of rotatable bonds is 11. The molecule has 0 spiro atoms. The standard InChI is InChI=1S/C71H78N4O/c1-46(2)58-30-24-31-59(47(3)4)66(58)64-44-73(54-36-49(48-25-18-16-19-26-48)35-52(37-54)69(8,9)10)45-74(64)55-38-53(70(11,12)13)39-56(41-55)76-57-42-61(71(14,15)50-27-20-17-21-28-50)67-60-29-22-23-32-62(60)75(63(67)43-57)65-40-51(33-34-72-65)68(5,6)7/h16-44,46-47H,45H2,1-15H3. The minimum atomic E-state index is -0.395. The molecular formula is C71H78N4O. The van der Waals surface area contributed by atoms with Gasteiger partial charge in [0.25, 0.3) is 0 Å². The second-order valence-corrected chi connectivity index (χ2v) is 25.5. The smallest absolute Gasteiger partial charge is 0.137 e. The summed E-state index contributed by atoms with van der Waals surface area (Å²) in [5.74, 6) is 3.08. The van der Waals surface area contributed by atoms with Crippen LogP contribution in [0, 0.1) is 0 Å². The lowest BCUT2D eigenvalue weighted by Crippen LogP contribution is -2.27. The minimum absolute atomic E-state index is 0.0584. The summed E-state index contributed by atoms with van der Waals surface area (Å²) in [5, 5.41) is 2.39. The number of para-hydroxylation sites is 1. The van der Waals surface area contributed by atoms with Crippen LogP contribution in [-0.4, -0.2) is 16.2 Å². The van der Waals surface area contributed by atoms with Crippen molar-refractivity contribution in [3.05, 3.63) is 221 Å². The summed E-state index contributed by atoms with van der Waals surface area (Å²) >= 11 is 0. The molecule has 0 radical (unpaired) electrons. The molecule has 0 unspecified atom stereocenters. The van der Waals surface area contributed by atoms with E-state index < -0.39 is 5.41 Å². The van der Waals surface area contributed by atoms with Gasteiger partial charge in [0, 0.05) is 57.7 Å². The Labute approximate surface area is 453 Å². The molecule has 0 bridgehead atoms. The summed E-state index contributed by atoms with van der Waals surface area (Å²) in [6.45, 7) is 35.3. The second kappa shape index (κ2) is 19.6. The number of fused-ring (bicyclic) bond motifs is 3. The molecule has 7 aromatic carbocycles. The number of hydrogen-bond acceptors (Lipinski definition) is 4. The minimum Gasteiger partial charge on any atom is -0.457 e. The van der Waals surface area contributed by atoms with Gasteiger partial charge in [-0.2, -0.15) is 0 Å². The third-order valence-corrected chi connectivity index (χ3v) is 15.8. The van der Waals surface area contributed by atoms with Crippen LogP contribution in [0.3, 0.4) is 0 Å². The first kappa shape index (κ1) is 52.1. The highest BCUT2D eigenvalue weighted by Crippen LogP contribution is 2.47. The Morgan fingerprint density at radius 3 is 1.72 bits per heavy atom. The molecule has 5 nitrogen and oxygen atoms in total. The van der Waals surface area contributed by atoms with Gasteiger partial charge in [0.2, 0.25) is 0 Å². The van der Waals surface area contributed by atoms with E-state index in [0.29, 0.717) is 18.5 Å². The maximum atomic E-state index is 7.46. The van der Waals surface area contributed by atoms with Crippen molar-refractivity contribution in [2.75, 3.05) is 16.5 Å². The number of pyridine rings is 1. The normalized spacial score (nSPS) is 13.7. The molecule has 2 aromatic heterocycles. The lowest BCUT2D eigenvalue weighted by Gasteiger charge is -2.30.